The predicted molar refractivity (Wildman–Crippen MR) is 101 cm³/mol. The topological polar surface area (TPSA) is 42.0 Å². The fraction of sp³-hybridized carbons (Fsp3) is 0.158. The van der Waals surface area contributed by atoms with Crippen molar-refractivity contribution < 1.29 is 9.18 Å². The molecule has 0 fully saturated rings. The third kappa shape index (κ3) is 4.65. The Morgan fingerprint density at radius 3 is 2.52 bits per heavy atom. The second kappa shape index (κ2) is 7.76. The zero-order valence-electron chi connectivity index (χ0n) is 13.6. The highest BCUT2D eigenvalue weighted by atomic mass is 35.5. The molecule has 1 N–H and O–H groups in total. The van der Waals surface area contributed by atoms with E-state index >= 15 is 0 Å². The average molecular weight is 375 g/mol. The van der Waals surface area contributed by atoms with E-state index < -0.39 is 0 Å². The van der Waals surface area contributed by atoms with Gasteiger partial charge in [0.15, 0.2) is 5.13 Å². The molecule has 1 amide bonds. The van der Waals surface area contributed by atoms with Crippen molar-refractivity contribution in [2.75, 3.05) is 5.32 Å². The maximum Gasteiger partial charge on any atom is 0.226 e. The summed E-state index contributed by atoms with van der Waals surface area (Å²) in [5.74, 6) is -0.373. The zero-order valence-corrected chi connectivity index (χ0v) is 15.1. The maximum atomic E-state index is 13.0. The summed E-state index contributed by atoms with van der Waals surface area (Å²) in [6.45, 7) is 1.93. The van der Waals surface area contributed by atoms with Crippen LogP contribution < -0.4 is 5.32 Å². The molecule has 3 aromatic rings. The van der Waals surface area contributed by atoms with Gasteiger partial charge in [-0.25, -0.2) is 9.37 Å². The molecule has 25 heavy (non-hydrogen) atoms. The standard InChI is InChI=1S/C19H16ClFN2OS/c1-12-18(14-5-9-16(21)10-6-14)23-19(25-12)22-17(24)11-4-13-2-7-15(20)8-3-13/h2-3,5-10H,4,11H2,1H3,(H,22,23,24). The largest absolute Gasteiger partial charge is 0.302 e. The van der Waals surface area contributed by atoms with Crippen molar-refractivity contribution in [2.45, 2.75) is 19.8 Å². The molecular weight excluding hydrogens is 359 g/mol. The number of nitrogens with one attached hydrogen (secondary N) is 1. The van der Waals surface area contributed by atoms with Gasteiger partial charge in [-0.2, -0.15) is 0 Å². The van der Waals surface area contributed by atoms with Gasteiger partial charge in [0.05, 0.1) is 5.69 Å². The smallest absolute Gasteiger partial charge is 0.226 e. The molecule has 6 heteroatoms. The number of anilines is 1. The monoisotopic (exact) mass is 374 g/mol. The van der Waals surface area contributed by atoms with Crippen LogP contribution in [0.2, 0.25) is 5.02 Å². The first-order valence-corrected chi connectivity index (χ1v) is 8.98. The van der Waals surface area contributed by atoms with Crippen LogP contribution >= 0.6 is 22.9 Å². The fourth-order valence-electron chi connectivity index (χ4n) is 2.42. The van der Waals surface area contributed by atoms with Gasteiger partial charge in [-0.1, -0.05) is 23.7 Å². The number of nitrogens with zero attached hydrogens (tertiary/aromatic N) is 1. The summed E-state index contributed by atoms with van der Waals surface area (Å²) in [7, 11) is 0. The Balaban J connectivity index is 1.62. The van der Waals surface area contributed by atoms with E-state index in [-0.39, 0.29) is 11.7 Å². The average Bonchev–Trinajstić information content (AvgIpc) is 2.95. The van der Waals surface area contributed by atoms with Gasteiger partial charge < -0.3 is 5.32 Å². The van der Waals surface area contributed by atoms with Gasteiger partial charge in [0, 0.05) is 21.9 Å². The fourth-order valence-corrected chi connectivity index (χ4v) is 3.39. The van der Waals surface area contributed by atoms with E-state index in [0.29, 0.717) is 23.0 Å². The molecule has 0 aliphatic rings. The van der Waals surface area contributed by atoms with E-state index in [9.17, 15) is 9.18 Å². The number of aromatic nitrogens is 1. The molecule has 2 aromatic carbocycles. The van der Waals surface area contributed by atoms with E-state index in [4.69, 9.17) is 11.6 Å². The van der Waals surface area contributed by atoms with E-state index in [1.165, 1.54) is 23.5 Å². The Kier molecular flexibility index (Phi) is 5.46. The van der Waals surface area contributed by atoms with Crippen molar-refractivity contribution in [2.24, 2.45) is 0 Å². The first kappa shape index (κ1) is 17.6. The summed E-state index contributed by atoms with van der Waals surface area (Å²) < 4.78 is 13.0. The number of hydrogen-bond acceptors (Lipinski definition) is 3. The van der Waals surface area contributed by atoms with Crippen LogP contribution in [-0.4, -0.2) is 10.9 Å². The molecule has 128 valence electrons. The van der Waals surface area contributed by atoms with Gasteiger partial charge in [-0.15, -0.1) is 11.3 Å². The molecule has 0 bridgehead atoms. The number of aryl methyl sites for hydroxylation is 2. The molecule has 3 nitrogen and oxygen atoms in total. The second-order valence-corrected chi connectivity index (χ2v) is 7.24. The van der Waals surface area contributed by atoms with E-state index in [1.54, 1.807) is 12.1 Å². The van der Waals surface area contributed by atoms with Crippen LogP contribution in [0.5, 0.6) is 0 Å². The summed E-state index contributed by atoms with van der Waals surface area (Å²) in [5, 5.41) is 4.07. The van der Waals surface area contributed by atoms with Gasteiger partial charge in [0.25, 0.3) is 0 Å². The predicted octanol–water partition coefficient (Wildman–Crippen LogP) is 5.48. The highest BCUT2D eigenvalue weighted by Gasteiger charge is 2.12. The second-order valence-electron chi connectivity index (χ2n) is 5.61. The number of carbonyl (C=O) groups is 1. The van der Waals surface area contributed by atoms with Crippen molar-refractivity contribution >= 4 is 34.0 Å². The van der Waals surface area contributed by atoms with Crippen molar-refractivity contribution in [3.05, 3.63) is 69.8 Å². The molecular formula is C19H16ClFN2OS. The molecule has 0 atom stereocenters. The highest BCUT2D eigenvalue weighted by Crippen LogP contribution is 2.30. The minimum Gasteiger partial charge on any atom is -0.302 e. The van der Waals surface area contributed by atoms with Crippen LogP contribution in [0.3, 0.4) is 0 Å². The lowest BCUT2D eigenvalue weighted by Gasteiger charge is -2.02. The van der Waals surface area contributed by atoms with Crippen molar-refractivity contribution in [3.63, 3.8) is 0 Å². The first-order valence-electron chi connectivity index (χ1n) is 7.79. The zero-order chi connectivity index (χ0) is 17.8. The Bertz CT molecular complexity index is 875. The summed E-state index contributed by atoms with van der Waals surface area (Å²) in [6, 6.07) is 13.6. The van der Waals surface area contributed by atoms with Gasteiger partial charge in [0.1, 0.15) is 5.82 Å². The van der Waals surface area contributed by atoms with Crippen LogP contribution in [0.4, 0.5) is 9.52 Å². The van der Waals surface area contributed by atoms with Crippen LogP contribution in [0, 0.1) is 12.7 Å². The summed E-state index contributed by atoms with van der Waals surface area (Å²) in [5.41, 5.74) is 2.65. The highest BCUT2D eigenvalue weighted by molar-refractivity contribution is 7.16. The molecule has 1 aromatic heterocycles. The third-order valence-corrected chi connectivity index (χ3v) is 4.85. The molecule has 1 heterocycles. The van der Waals surface area contributed by atoms with Crippen LogP contribution in [0.25, 0.3) is 11.3 Å². The van der Waals surface area contributed by atoms with E-state index in [0.717, 1.165) is 21.7 Å². The lowest BCUT2D eigenvalue weighted by Crippen LogP contribution is -2.12. The SMILES string of the molecule is Cc1sc(NC(=O)CCc2ccc(Cl)cc2)nc1-c1ccc(F)cc1. The van der Waals surface area contributed by atoms with Crippen molar-refractivity contribution in [1.29, 1.82) is 0 Å². The number of carbonyl (C=O) groups excluding carboxylic acids is 1. The number of benzene rings is 2. The first-order chi connectivity index (χ1) is 12.0. The molecule has 0 saturated carbocycles. The Hall–Kier alpha value is -2.24. The lowest BCUT2D eigenvalue weighted by atomic mass is 10.1. The maximum absolute atomic E-state index is 13.0. The quantitative estimate of drug-likeness (QED) is 0.642. The Labute approximate surface area is 154 Å². The summed E-state index contributed by atoms with van der Waals surface area (Å²) in [6.07, 6.45) is 1.00. The van der Waals surface area contributed by atoms with Gasteiger partial charge in [0.2, 0.25) is 5.91 Å². The molecule has 0 spiro atoms. The number of thiazole rings is 1. The van der Waals surface area contributed by atoms with Gasteiger partial charge >= 0.3 is 0 Å². The Morgan fingerprint density at radius 2 is 1.84 bits per heavy atom. The van der Waals surface area contributed by atoms with E-state index in [2.05, 4.69) is 10.3 Å². The summed E-state index contributed by atoms with van der Waals surface area (Å²) >= 11 is 7.26. The Morgan fingerprint density at radius 1 is 1.16 bits per heavy atom. The van der Waals surface area contributed by atoms with Gasteiger partial charge in [-0.3, -0.25) is 4.79 Å². The van der Waals surface area contributed by atoms with Gasteiger partial charge in [-0.05, 0) is 55.3 Å². The third-order valence-electron chi connectivity index (χ3n) is 3.71. The van der Waals surface area contributed by atoms with Crippen molar-refractivity contribution in [3.8, 4) is 11.3 Å². The number of halogens is 2. The number of rotatable bonds is 5. The normalized spacial score (nSPS) is 10.7. The lowest BCUT2D eigenvalue weighted by molar-refractivity contribution is -0.116. The molecule has 3 rings (SSSR count). The van der Waals surface area contributed by atoms with Crippen LogP contribution in [-0.2, 0) is 11.2 Å². The molecule has 0 radical (unpaired) electrons. The molecule has 0 aliphatic heterocycles. The molecule has 0 unspecified atom stereocenters. The molecule has 0 aliphatic carbocycles. The van der Waals surface area contributed by atoms with Crippen molar-refractivity contribution in [1.82, 2.24) is 4.98 Å². The number of amides is 1. The van der Waals surface area contributed by atoms with E-state index in [1.807, 2.05) is 31.2 Å². The number of hydrogen-bond donors (Lipinski definition) is 1. The minimum absolute atomic E-state index is 0.0886. The minimum atomic E-state index is -0.285. The van der Waals surface area contributed by atoms with Crippen LogP contribution in [0.1, 0.15) is 16.9 Å². The molecule has 0 saturated heterocycles. The summed E-state index contributed by atoms with van der Waals surface area (Å²) in [4.78, 5) is 17.6. The van der Waals surface area contributed by atoms with Crippen LogP contribution in [0.15, 0.2) is 48.5 Å².